The molecule has 0 fully saturated rings. The van der Waals surface area contributed by atoms with Crippen molar-refractivity contribution < 1.29 is 9.59 Å². The summed E-state index contributed by atoms with van der Waals surface area (Å²) in [4.78, 5) is 32.9. The summed E-state index contributed by atoms with van der Waals surface area (Å²) in [6.45, 7) is 2.92. The van der Waals surface area contributed by atoms with Crippen LogP contribution < -0.4 is 5.32 Å². The summed E-state index contributed by atoms with van der Waals surface area (Å²) >= 11 is 6.26. The molecule has 1 N–H and O–H groups in total. The molecule has 1 atom stereocenters. The lowest BCUT2D eigenvalue weighted by Gasteiger charge is -2.27. The van der Waals surface area contributed by atoms with E-state index in [4.69, 9.17) is 11.6 Å². The van der Waals surface area contributed by atoms with Gasteiger partial charge in [-0.1, -0.05) is 84.4 Å². The molecule has 3 aromatic carbocycles. The first-order valence-corrected chi connectivity index (χ1v) is 12.2. The van der Waals surface area contributed by atoms with Gasteiger partial charge in [0.15, 0.2) is 0 Å². The smallest absolute Gasteiger partial charge is 0.253 e. The van der Waals surface area contributed by atoms with E-state index >= 15 is 0 Å². The Bertz CT molecular complexity index is 1310. The molecule has 0 aliphatic heterocycles. The molecule has 0 radical (unpaired) electrons. The highest BCUT2D eigenvalue weighted by molar-refractivity contribution is 6.33. The average Bonchev–Trinajstić information content (AvgIpc) is 2.90. The fourth-order valence-electron chi connectivity index (χ4n) is 4.06. The molecule has 1 unspecified atom stereocenters. The van der Waals surface area contributed by atoms with Crippen LogP contribution in [0.5, 0.6) is 0 Å². The zero-order chi connectivity index (χ0) is 25.3. The topological polar surface area (TPSA) is 62.3 Å². The molecule has 1 aromatic heterocycles. The number of carbonyl (C=O) groups excluding carboxylic acids is 2. The Hall–Kier alpha value is -3.96. The molecule has 6 heteroatoms. The molecule has 4 rings (SSSR count). The first-order valence-electron chi connectivity index (χ1n) is 11.8. The van der Waals surface area contributed by atoms with Crippen molar-refractivity contribution in [2.24, 2.45) is 0 Å². The van der Waals surface area contributed by atoms with Crippen LogP contribution in [0, 0.1) is 6.92 Å². The van der Waals surface area contributed by atoms with Gasteiger partial charge >= 0.3 is 0 Å². The van der Waals surface area contributed by atoms with Gasteiger partial charge in [0.05, 0.1) is 23.0 Å². The molecule has 0 aliphatic rings. The zero-order valence-electron chi connectivity index (χ0n) is 20.1. The van der Waals surface area contributed by atoms with E-state index in [1.807, 2.05) is 78.6 Å². The van der Waals surface area contributed by atoms with Gasteiger partial charge < -0.3 is 10.2 Å². The maximum Gasteiger partial charge on any atom is 0.253 e. The molecule has 36 heavy (non-hydrogen) atoms. The van der Waals surface area contributed by atoms with Crippen molar-refractivity contribution in [1.82, 2.24) is 15.2 Å². The van der Waals surface area contributed by atoms with Crippen LogP contribution in [0.1, 0.15) is 45.1 Å². The number of carbonyl (C=O) groups is 2. The van der Waals surface area contributed by atoms with Gasteiger partial charge in [0, 0.05) is 25.5 Å². The van der Waals surface area contributed by atoms with Gasteiger partial charge in [-0.05, 0) is 47.4 Å². The molecule has 1 heterocycles. The zero-order valence-corrected chi connectivity index (χ0v) is 20.9. The van der Waals surface area contributed by atoms with Gasteiger partial charge in [-0.15, -0.1) is 0 Å². The fraction of sp³-hybridized carbons (Fsp3) is 0.167. The summed E-state index contributed by atoms with van der Waals surface area (Å²) in [7, 11) is 0. The van der Waals surface area contributed by atoms with Crippen LogP contribution in [0.3, 0.4) is 0 Å². The normalized spacial score (nSPS) is 11.5. The highest BCUT2D eigenvalue weighted by atomic mass is 35.5. The van der Waals surface area contributed by atoms with Crippen LogP contribution in [0.15, 0.2) is 103 Å². The van der Waals surface area contributed by atoms with E-state index in [0.717, 1.165) is 22.3 Å². The summed E-state index contributed by atoms with van der Waals surface area (Å²) in [6.07, 6.45) is 3.59. The monoisotopic (exact) mass is 497 g/mol. The average molecular weight is 498 g/mol. The molecule has 182 valence electrons. The molecule has 0 bridgehead atoms. The number of aryl methyl sites for hydroxylation is 1. The number of rotatable bonds is 9. The highest BCUT2D eigenvalue weighted by Crippen LogP contribution is 2.23. The molecule has 0 saturated heterocycles. The lowest BCUT2D eigenvalue weighted by molar-refractivity contribution is -0.133. The van der Waals surface area contributed by atoms with Crippen molar-refractivity contribution in [1.29, 1.82) is 0 Å². The summed E-state index contributed by atoms with van der Waals surface area (Å²) in [6, 6.07) is 27.8. The van der Waals surface area contributed by atoms with E-state index in [9.17, 15) is 9.59 Å². The van der Waals surface area contributed by atoms with Gasteiger partial charge in [-0.3, -0.25) is 14.6 Å². The van der Waals surface area contributed by atoms with Gasteiger partial charge in [0.1, 0.15) is 0 Å². The number of nitrogens with zero attached hydrogens (tertiary/aromatic N) is 2. The predicted molar refractivity (Wildman–Crippen MR) is 142 cm³/mol. The van der Waals surface area contributed by atoms with E-state index in [0.29, 0.717) is 23.7 Å². The van der Waals surface area contributed by atoms with E-state index in [1.54, 1.807) is 36.7 Å². The molecular formula is C30H28ClN3O2. The maximum absolute atomic E-state index is 13.8. The summed E-state index contributed by atoms with van der Waals surface area (Å²) in [5, 5.41) is 3.40. The lowest BCUT2D eigenvalue weighted by atomic mass is 10.0. The summed E-state index contributed by atoms with van der Waals surface area (Å²) in [5.74, 6) is -0.393. The summed E-state index contributed by atoms with van der Waals surface area (Å²) < 4.78 is 0. The number of halogens is 1. The van der Waals surface area contributed by atoms with Gasteiger partial charge in [0.2, 0.25) is 5.91 Å². The third-order valence-corrected chi connectivity index (χ3v) is 6.41. The minimum Gasteiger partial charge on any atom is -0.345 e. The first-order chi connectivity index (χ1) is 17.5. The van der Waals surface area contributed by atoms with Gasteiger partial charge in [-0.25, -0.2) is 0 Å². The number of benzene rings is 3. The molecule has 4 aromatic rings. The standard InChI is InChI=1S/C30H28ClN3O2/c1-22-10-5-6-14-25(22)21-34(20-23-11-9-17-32-19-23)29(35)18-28(24-12-3-2-4-13-24)33-30(36)26-15-7-8-16-27(26)31/h2-17,19,28H,18,20-21H2,1H3,(H,33,36). The first kappa shape index (κ1) is 25.1. The second kappa shape index (κ2) is 12.1. The van der Waals surface area contributed by atoms with E-state index in [1.165, 1.54) is 0 Å². The van der Waals surface area contributed by atoms with Crippen LogP contribution in [0.4, 0.5) is 0 Å². The fourth-order valence-corrected chi connectivity index (χ4v) is 4.28. The Kier molecular flexibility index (Phi) is 8.48. The van der Waals surface area contributed by atoms with E-state index in [-0.39, 0.29) is 18.2 Å². The molecule has 0 saturated carbocycles. The molecular weight excluding hydrogens is 470 g/mol. The van der Waals surface area contributed by atoms with Crippen LogP contribution >= 0.6 is 11.6 Å². The Labute approximate surface area is 216 Å². The molecule has 0 aliphatic carbocycles. The van der Waals surface area contributed by atoms with Crippen molar-refractivity contribution in [2.75, 3.05) is 0 Å². The molecule has 0 spiro atoms. The highest BCUT2D eigenvalue weighted by Gasteiger charge is 2.24. The maximum atomic E-state index is 13.8. The van der Waals surface area contributed by atoms with Crippen molar-refractivity contribution in [3.05, 3.63) is 136 Å². The quantitative estimate of drug-likeness (QED) is 0.302. The number of pyridine rings is 1. The second-order valence-electron chi connectivity index (χ2n) is 8.66. The largest absolute Gasteiger partial charge is 0.345 e. The minimum atomic E-state index is -0.518. The van der Waals surface area contributed by atoms with Gasteiger partial charge in [-0.2, -0.15) is 0 Å². The van der Waals surface area contributed by atoms with E-state index < -0.39 is 6.04 Å². The van der Waals surface area contributed by atoms with E-state index in [2.05, 4.69) is 10.3 Å². The second-order valence-corrected chi connectivity index (χ2v) is 9.07. The van der Waals surface area contributed by atoms with Crippen LogP contribution in [0.2, 0.25) is 5.02 Å². The van der Waals surface area contributed by atoms with Crippen molar-refractivity contribution in [3.8, 4) is 0 Å². The van der Waals surface area contributed by atoms with Gasteiger partial charge in [0.25, 0.3) is 5.91 Å². The SMILES string of the molecule is Cc1ccccc1CN(Cc1cccnc1)C(=O)CC(NC(=O)c1ccccc1Cl)c1ccccc1. The third-order valence-electron chi connectivity index (χ3n) is 6.08. The Morgan fingerprint density at radius 2 is 1.61 bits per heavy atom. The Balaban J connectivity index is 1.60. The Morgan fingerprint density at radius 1 is 0.889 bits per heavy atom. The summed E-state index contributed by atoms with van der Waals surface area (Å²) in [5.41, 5.74) is 4.36. The number of nitrogens with one attached hydrogen (secondary N) is 1. The van der Waals surface area contributed by atoms with Crippen LogP contribution in [-0.2, 0) is 17.9 Å². The predicted octanol–water partition coefficient (Wildman–Crippen LogP) is 6.13. The molecule has 5 nitrogen and oxygen atoms in total. The van der Waals surface area contributed by atoms with Crippen molar-refractivity contribution >= 4 is 23.4 Å². The minimum absolute atomic E-state index is 0.0737. The number of hydrogen-bond acceptors (Lipinski definition) is 3. The number of hydrogen-bond donors (Lipinski definition) is 1. The third kappa shape index (κ3) is 6.58. The lowest BCUT2D eigenvalue weighted by Crippen LogP contribution is -2.36. The number of amides is 2. The Morgan fingerprint density at radius 3 is 2.33 bits per heavy atom. The van der Waals surface area contributed by atoms with Crippen molar-refractivity contribution in [2.45, 2.75) is 32.5 Å². The van der Waals surface area contributed by atoms with Crippen LogP contribution in [-0.4, -0.2) is 21.7 Å². The van der Waals surface area contributed by atoms with Crippen LogP contribution in [0.25, 0.3) is 0 Å². The van der Waals surface area contributed by atoms with Crippen molar-refractivity contribution in [3.63, 3.8) is 0 Å². The number of aromatic nitrogens is 1. The molecule has 2 amide bonds.